The molecule has 3 N–H and O–H groups in total. The molecular formula is C8H11NO4. The molecule has 0 aromatic heterocycles. The quantitative estimate of drug-likeness (QED) is 0.506. The average Bonchev–Trinajstić information content (AvgIpc) is 2.43. The van der Waals surface area contributed by atoms with Crippen LogP contribution in [-0.4, -0.2) is 35.2 Å². The van der Waals surface area contributed by atoms with E-state index in [2.05, 4.69) is 5.32 Å². The van der Waals surface area contributed by atoms with Gasteiger partial charge in [-0.15, -0.1) is 0 Å². The van der Waals surface area contributed by atoms with Gasteiger partial charge in [-0.2, -0.15) is 0 Å². The van der Waals surface area contributed by atoms with Gasteiger partial charge in [0.2, 0.25) is 0 Å². The minimum absolute atomic E-state index is 0.275. The lowest BCUT2D eigenvalue weighted by Crippen LogP contribution is -2.33. The molecule has 1 saturated carbocycles. The molecule has 0 aromatic rings. The Morgan fingerprint density at radius 2 is 1.85 bits per heavy atom. The molecule has 5 nitrogen and oxygen atoms in total. The highest BCUT2D eigenvalue weighted by molar-refractivity contribution is 6.03. The Morgan fingerprint density at radius 1 is 1.23 bits per heavy atom. The Morgan fingerprint density at radius 3 is 2.15 bits per heavy atom. The fourth-order valence-corrected chi connectivity index (χ4v) is 2.42. The molecule has 72 valence electrons. The highest BCUT2D eigenvalue weighted by Gasteiger charge is 2.77. The van der Waals surface area contributed by atoms with E-state index in [0.717, 1.165) is 6.54 Å². The third kappa shape index (κ3) is 0.798. The summed E-state index contributed by atoms with van der Waals surface area (Å²) >= 11 is 0. The van der Waals surface area contributed by atoms with Crippen molar-refractivity contribution in [1.82, 2.24) is 5.32 Å². The molecular weight excluding hydrogens is 174 g/mol. The standard InChI is InChI=1S/C8H11NO4/c10-5(11)8(6(12)13)3-7(8)1-2-9-4-7/h9H,1-4H2,(H,10,11)(H,12,13). The Bertz CT molecular complexity index is 266. The topological polar surface area (TPSA) is 86.6 Å². The second-order valence-corrected chi connectivity index (χ2v) is 3.90. The third-order valence-electron chi connectivity index (χ3n) is 3.36. The first-order valence-corrected chi connectivity index (χ1v) is 4.23. The number of aliphatic carboxylic acids is 2. The van der Waals surface area contributed by atoms with E-state index in [9.17, 15) is 9.59 Å². The molecule has 2 rings (SSSR count). The smallest absolute Gasteiger partial charge is 0.321 e. The zero-order valence-corrected chi connectivity index (χ0v) is 7.04. The van der Waals surface area contributed by atoms with Crippen LogP contribution in [0.4, 0.5) is 0 Å². The van der Waals surface area contributed by atoms with Crippen molar-refractivity contribution in [3.8, 4) is 0 Å². The van der Waals surface area contributed by atoms with E-state index in [0.29, 0.717) is 13.0 Å². The molecule has 0 amide bonds. The van der Waals surface area contributed by atoms with Crippen molar-refractivity contribution in [2.45, 2.75) is 12.8 Å². The normalized spacial score (nSPS) is 34.8. The zero-order chi connectivity index (χ0) is 9.69. The molecule has 1 heterocycles. The summed E-state index contributed by atoms with van der Waals surface area (Å²) in [6.07, 6.45) is 0.934. The van der Waals surface area contributed by atoms with Crippen molar-refractivity contribution in [3.05, 3.63) is 0 Å². The summed E-state index contributed by atoms with van der Waals surface area (Å²) in [5, 5.41) is 20.8. The predicted octanol–water partition coefficient (Wildman–Crippen LogP) is -0.475. The first-order chi connectivity index (χ1) is 6.05. The number of carbonyl (C=O) groups is 2. The zero-order valence-electron chi connectivity index (χ0n) is 7.04. The summed E-state index contributed by atoms with van der Waals surface area (Å²) < 4.78 is 0. The van der Waals surface area contributed by atoms with Gasteiger partial charge in [0.15, 0.2) is 5.41 Å². The van der Waals surface area contributed by atoms with Gasteiger partial charge in [-0.1, -0.05) is 0 Å². The molecule has 0 radical (unpaired) electrons. The van der Waals surface area contributed by atoms with Crippen LogP contribution in [0.2, 0.25) is 0 Å². The Balaban J connectivity index is 2.31. The Labute approximate surface area is 74.7 Å². The maximum atomic E-state index is 10.9. The van der Waals surface area contributed by atoms with Gasteiger partial charge >= 0.3 is 11.9 Å². The Kier molecular flexibility index (Phi) is 1.46. The second kappa shape index (κ2) is 2.23. The van der Waals surface area contributed by atoms with Crippen LogP contribution in [0.3, 0.4) is 0 Å². The number of carboxylic acids is 2. The number of carboxylic acid groups (broad SMARTS) is 2. The van der Waals surface area contributed by atoms with Gasteiger partial charge in [0.1, 0.15) is 0 Å². The lowest BCUT2D eigenvalue weighted by atomic mass is 9.92. The highest BCUT2D eigenvalue weighted by Crippen LogP contribution is 2.67. The summed E-state index contributed by atoms with van der Waals surface area (Å²) in [6, 6.07) is 0. The average molecular weight is 185 g/mol. The van der Waals surface area contributed by atoms with Gasteiger partial charge in [-0.05, 0) is 19.4 Å². The molecule has 0 aromatic carbocycles. The van der Waals surface area contributed by atoms with Gasteiger partial charge in [-0.25, -0.2) is 0 Å². The summed E-state index contributed by atoms with van der Waals surface area (Å²) in [6.45, 7) is 1.24. The number of rotatable bonds is 2. The van der Waals surface area contributed by atoms with Crippen molar-refractivity contribution in [2.75, 3.05) is 13.1 Å². The molecule has 1 aliphatic heterocycles. The second-order valence-electron chi connectivity index (χ2n) is 3.90. The maximum Gasteiger partial charge on any atom is 0.321 e. The fraction of sp³-hybridized carbons (Fsp3) is 0.750. The Hall–Kier alpha value is -1.10. The van der Waals surface area contributed by atoms with Gasteiger partial charge in [0.25, 0.3) is 0 Å². The monoisotopic (exact) mass is 185 g/mol. The molecule has 2 fully saturated rings. The molecule has 1 saturated heterocycles. The minimum Gasteiger partial charge on any atom is -0.480 e. The molecule has 1 spiro atoms. The fourth-order valence-electron chi connectivity index (χ4n) is 2.42. The van der Waals surface area contributed by atoms with Crippen LogP contribution in [0, 0.1) is 10.8 Å². The summed E-state index contributed by atoms with van der Waals surface area (Å²) in [7, 11) is 0. The molecule has 1 unspecified atom stereocenters. The number of nitrogens with one attached hydrogen (secondary N) is 1. The van der Waals surface area contributed by atoms with E-state index < -0.39 is 22.8 Å². The van der Waals surface area contributed by atoms with E-state index in [1.54, 1.807) is 0 Å². The molecule has 13 heavy (non-hydrogen) atoms. The van der Waals surface area contributed by atoms with E-state index in [4.69, 9.17) is 10.2 Å². The molecule has 0 bridgehead atoms. The van der Waals surface area contributed by atoms with E-state index in [1.807, 2.05) is 0 Å². The lowest BCUT2D eigenvalue weighted by Gasteiger charge is -2.12. The number of hydrogen-bond donors (Lipinski definition) is 3. The number of hydrogen-bond acceptors (Lipinski definition) is 3. The van der Waals surface area contributed by atoms with Crippen molar-refractivity contribution in [1.29, 1.82) is 0 Å². The summed E-state index contributed by atoms with van der Waals surface area (Å²) in [5.41, 5.74) is -2.01. The maximum absolute atomic E-state index is 10.9. The lowest BCUT2D eigenvalue weighted by molar-refractivity contribution is -0.159. The molecule has 2 aliphatic rings. The van der Waals surface area contributed by atoms with Crippen LogP contribution >= 0.6 is 0 Å². The van der Waals surface area contributed by atoms with Crippen LogP contribution < -0.4 is 5.32 Å². The first-order valence-electron chi connectivity index (χ1n) is 4.23. The third-order valence-corrected chi connectivity index (χ3v) is 3.36. The highest BCUT2D eigenvalue weighted by atomic mass is 16.4. The molecule has 1 aliphatic carbocycles. The van der Waals surface area contributed by atoms with Crippen molar-refractivity contribution < 1.29 is 19.8 Å². The summed E-state index contributed by atoms with van der Waals surface area (Å²) in [4.78, 5) is 21.8. The van der Waals surface area contributed by atoms with Crippen LogP contribution in [-0.2, 0) is 9.59 Å². The molecule has 1 atom stereocenters. The SMILES string of the molecule is O=C(O)C1(C(=O)O)CC12CCNC2. The van der Waals surface area contributed by atoms with Crippen LogP contribution in [0.15, 0.2) is 0 Å². The van der Waals surface area contributed by atoms with E-state index in [1.165, 1.54) is 0 Å². The van der Waals surface area contributed by atoms with Crippen molar-refractivity contribution in [2.24, 2.45) is 10.8 Å². The first kappa shape index (κ1) is 8.50. The largest absolute Gasteiger partial charge is 0.480 e. The van der Waals surface area contributed by atoms with Gasteiger partial charge in [0, 0.05) is 12.0 Å². The van der Waals surface area contributed by atoms with Gasteiger partial charge in [0.05, 0.1) is 0 Å². The molecule has 5 heteroatoms. The van der Waals surface area contributed by atoms with Gasteiger partial charge in [-0.3, -0.25) is 9.59 Å². The van der Waals surface area contributed by atoms with Crippen molar-refractivity contribution >= 4 is 11.9 Å². The van der Waals surface area contributed by atoms with Crippen LogP contribution in [0.5, 0.6) is 0 Å². The summed E-state index contributed by atoms with van der Waals surface area (Å²) in [5.74, 6) is -2.38. The van der Waals surface area contributed by atoms with E-state index >= 15 is 0 Å². The van der Waals surface area contributed by atoms with Crippen LogP contribution in [0.25, 0.3) is 0 Å². The van der Waals surface area contributed by atoms with Gasteiger partial charge < -0.3 is 15.5 Å². The van der Waals surface area contributed by atoms with Crippen LogP contribution in [0.1, 0.15) is 12.8 Å². The van der Waals surface area contributed by atoms with Crippen molar-refractivity contribution in [3.63, 3.8) is 0 Å². The minimum atomic E-state index is -1.50. The van der Waals surface area contributed by atoms with E-state index in [-0.39, 0.29) is 6.42 Å². The predicted molar refractivity (Wildman–Crippen MR) is 42.2 cm³/mol.